The molecule has 8 nitrogen and oxygen atoms in total. The SMILES string of the molecule is COc1cc2c(cc1Nc1ncc(Cl)c(N3CC(C(=O)OC(C)C)c4ccccc43)n1)CN(C)CC2. The van der Waals surface area contributed by atoms with Gasteiger partial charge in [-0.15, -0.1) is 0 Å². The Morgan fingerprint density at radius 1 is 1.22 bits per heavy atom. The first-order valence-corrected chi connectivity index (χ1v) is 12.5. The Morgan fingerprint density at radius 2 is 2.03 bits per heavy atom. The van der Waals surface area contributed by atoms with Crippen LogP contribution in [0, 0.1) is 0 Å². The van der Waals surface area contributed by atoms with E-state index in [4.69, 9.17) is 26.1 Å². The van der Waals surface area contributed by atoms with Crippen LogP contribution >= 0.6 is 11.6 Å². The molecule has 0 spiro atoms. The van der Waals surface area contributed by atoms with E-state index in [-0.39, 0.29) is 12.1 Å². The van der Waals surface area contributed by atoms with Crippen molar-refractivity contribution >= 4 is 40.7 Å². The second-order valence-electron chi connectivity index (χ2n) is 9.51. The lowest BCUT2D eigenvalue weighted by Gasteiger charge is -2.26. The minimum absolute atomic E-state index is 0.191. The Hall–Kier alpha value is -3.36. The first-order chi connectivity index (χ1) is 17.3. The molecule has 0 bridgehead atoms. The van der Waals surface area contributed by atoms with Gasteiger partial charge in [0, 0.05) is 25.3 Å². The zero-order chi connectivity index (χ0) is 25.4. The third-order valence-corrected chi connectivity index (χ3v) is 6.82. The lowest BCUT2D eigenvalue weighted by Crippen LogP contribution is -2.26. The van der Waals surface area contributed by atoms with Crippen LogP contribution in [0.5, 0.6) is 5.75 Å². The Labute approximate surface area is 216 Å². The number of nitrogens with one attached hydrogen (secondary N) is 1. The average molecular weight is 508 g/mol. The van der Waals surface area contributed by atoms with Gasteiger partial charge in [-0.3, -0.25) is 4.79 Å². The topological polar surface area (TPSA) is 79.8 Å². The van der Waals surface area contributed by atoms with Gasteiger partial charge in [0.2, 0.25) is 5.95 Å². The summed E-state index contributed by atoms with van der Waals surface area (Å²) in [6, 6.07) is 12.0. The van der Waals surface area contributed by atoms with Crippen molar-refractivity contribution in [1.29, 1.82) is 0 Å². The zero-order valence-electron chi connectivity index (χ0n) is 20.9. The smallest absolute Gasteiger partial charge is 0.315 e. The maximum atomic E-state index is 12.9. The molecule has 0 aliphatic carbocycles. The van der Waals surface area contributed by atoms with Crippen molar-refractivity contribution in [3.63, 3.8) is 0 Å². The molecule has 1 N–H and O–H groups in total. The zero-order valence-corrected chi connectivity index (χ0v) is 21.7. The number of nitrogens with zero attached hydrogens (tertiary/aromatic N) is 4. The molecule has 2 aromatic carbocycles. The van der Waals surface area contributed by atoms with E-state index in [0.29, 0.717) is 23.3 Å². The summed E-state index contributed by atoms with van der Waals surface area (Å²) in [4.78, 5) is 26.3. The summed E-state index contributed by atoms with van der Waals surface area (Å²) in [6.45, 7) is 5.98. The van der Waals surface area contributed by atoms with Crippen LogP contribution in [-0.2, 0) is 22.5 Å². The number of fused-ring (bicyclic) bond motifs is 2. The molecular weight excluding hydrogens is 478 g/mol. The predicted octanol–water partition coefficient (Wildman–Crippen LogP) is 5.06. The summed E-state index contributed by atoms with van der Waals surface area (Å²) < 4.78 is 11.2. The minimum atomic E-state index is -0.427. The number of anilines is 4. The number of para-hydroxylation sites is 1. The summed E-state index contributed by atoms with van der Waals surface area (Å²) in [5.41, 5.74) is 5.11. The van der Waals surface area contributed by atoms with E-state index < -0.39 is 5.92 Å². The van der Waals surface area contributed by atoms with Crippen LogP contribution < -0.4 is 15.0 Å². The maximum Gasteiger partial charge on any atom is 0.315 e. The van der Waals surface area contributed by atoms with E-state index in [1.54, 1.807) is 13.3 Å². The summed E-state index contributed by atoms with van der Waals surface area (Å²) >= 11 is 6.59. The van der Waals surface area contributed by atoms with Gasteiger partial charge in [0.1, 0.15) is 16.7 Å². The van der Waals surface area contributed by atoms with Gasteiger partial charge < -0.3 is 24.6 Å². The van der Waals surface area contributed by atoms with Crippen molar-refractivity contribution in [3.8, 4) is 5.75 Å². The molecule has 0 fully saturated rings. The molecule has 36 heavy (non-hydrogen) atoms. The number of esters is 1. The second kappa shape index (κ2) is 9.95. The number of carbonyl (C=O) groups excluding carboxylic acids is 1. The van der Waals surface area contributed by atoms with E-state index in [1.807, 2.05) is 43.0 Å². The number of halogens is 1. The number of ether oxygens (including phenoxy) is 2. The molecule has 1 atom stereocenters. The first kappa shape index (κ1) is 24.3. The van der Waals surface area contributed by atoms with E-state index >= 15 is 0 Å². The molecule has 2 aliphatic rings. The fraction of sp³-hybridized carbons (Fsp3) is 0.370. The van der Waals surface area contributed by atoms with Crippen molar-refractivity contribution in [2.45, 2.75) is 38.8 Å². The largest absolute Gasteiger partial charge is 0.495 e. The van der Waals surface area contributed by atoms with Gasteiger partial charge >= 0.3 is 5.97 Å². The lowest BCUT2D eigenvalue weighted by molar-refractivity contribution is -0.148. The van der Waals surface area contributed by atoms with Gasteiger partial charge in [-0.1, -0.05) is 29.8 Å². The van der Waals surface area contributed by atoms with Crippen LogP contribution in [-0.4, -0.2) is 54.2 Å². The van der Waals surface area contributed by atoms with Crippen molar-refractivity contribution in [2.24, 2.45) is 0 Å². The molecule has 0 radical (unpaired) electrons. The average Bonchev–Trinajstić information content (AvgIpc) is 3.24. The first-order valence-electron chi connectivity index (χ1n) is 12.1. The fourth-order valence-corrected chi connectivity index (χ4v) is 5.04. The molecule has 3 aromatic rings. The third-order valence-electron chi connectivity index (χ3n) is 6.56. The number of carbonyl (C=O) groups is 1. The van der Waals surface area contributed by atoms with Gasteiger partial charge in [0.15, 0.2) is 5.82 Å². The number of likely N-dealkylation sites (N-methyl/N-ethyl adjacent to an activating group) is 1. The molecule has 0 saturated heterocycles. The molecule has 0 saturated carbocycles. The monoisotopic (exact) mass is 507 g/mol. The second-order valence-corrected chi connectivity index (χ2v) is 9.91. The standard InChI is InChI=1S/C27H30ClN5O3/c1-16(2)36-26(34)20-15-33(23-8-6-5-7-19(20)23)25-21(28)13-29-27(31-25)30-22-11-18-14-32(3)10-9-17(18)12-24(22)35-4/h5-8,11-13,16,20H,9-10,14-15H2,1-4H3,(H,29,30,31). The van der Waals surface area contributed by atoms with Crippen LogP contribution in [0.15, 0.2) is 42.6 Å². The van der Waals surface area contributed by atoms with E-state index in [2.05, 4.69) is 34.4 Å². The van der Waals surface area contributed by atoms with Crippen LogP contribution in [0.1, 0.15) is 36.5 Å². The Bertz CT molecular complexity index is 1300. The minimum Gasteiger partial charge on any atom is -0.495 e. The summed E-state index contributed by atoms with van der Waals surface area (Å²) in [5.74, 6) is 0.970. The molecule has 5 rings (SSSR count). The van der Waals surface area contributed by atoms with Crippen molar-refractivity contribution in [2.75, 3.05) is 37.5 Å². The highest BCUT2D eigenvalue weighted by atomic mass is 35.5. The van der Waals surface area contributed by atoms with Gasteiger partial charge in [-0.25, -0.2) is 4.98 Å². The molecule has 188 valence electrons. The van der Waals surface area contributed by atoms with E-state index in [9.17, 15) is 4.79 Å². The lowest BCUT2D eigenvalue weighted by atomic mass is 9.99. The van der Waals surface area contributed by atoms with Gasteiger partial charge in [-0.2, -0.15) is 4.98 Å². The predicted molar refractivity (Wildman–Crippen MR) is 141 cm³/mol. The van der Waals surface area contributed by atoms with Gasteiger partial charge in [0.25, 0.3) is 0 Å². The van der Waals surface area contributed by atoms with E-state index in [1.165, 1.54) is 11.1 Å². The fourth-order valence-electron chi connectivity index (χ4n) is 4.85. The van der Waals surface area contributed by atoms with Crippen molar-refractivity contribution in [3.05, 3.63) is 64.3 Å². The molecule has 1 unspecified atom stereocenters. The van der Waals surface area contributed by atoms with Gasteiger partial charge in [0.05, 0.1) is 25.1 Å². The van der Waals surface area contributed by atoms with Crippen molar-refractivity contribution < 1.29 is 14.3 Å². The van der Waals surface area contributed by atoms with Crippen LogP contribution in [0.2, 0.25) is 5.02 Å². The Kier molecular flexibility index (Phi) is 6.73. The Balaban J connectivity index is 1.47. The normalized spacial score (nSPS) is 17.1. The maximum absolute atomic E-state index is 12.9. The molecule has 2 aliphatic heterocycles. The number of hydrogen-bond acceptors (Lipinski definition) is 8. The highest BCUT2D eigenvalue weighted by Crippen LogP contribution is 2.43. The Morgan fingerprint density at radius 3 is 2.81 bits per heavy atom. The number of aromatic nitrogens is 2. The number of methoxy groups -OCH3 is 1. The quantitative estimate of drug-likeness (QED) is 0.464. The summed E-state index contributed by atoms with van der Waals surface area (Å²) in [7, 11) is 3.78. The highest BCUT2D eigenvalue weighted by molar-refractivity contribution is 6.33. The van der Waals surface area contributed by atoms with Crippen LogP contribution in [0.4, 0.5) is 23.1 Å². The van der Waals surface area contributed by atoms with Crippen molar-refractivity contribution in [1.82, 2.24) is 14.9 Å². The van der Waals surface area contributed by atoms with Crippen LogP contribution in [0.3, 0.4) is 0 Å². The summed E-state index contributed by atoms with van der Waals surface area (Å²) in [6.07, 6.45) is 2.37. The molecule has 3 heterocycles. The summed E-state index contributed by atoms with van der Waals surface area (Å²) in [5, 5.41) is 3.72. The number of rotatable bonds is 6. The third kappa shape index (κ3) is 4.70. The van der Waals surface area contributed by atoms with E-state index in [0.717, 1.165) is 42.2 Å². The highest BCUT2D eigenvalue weighted by Gasteiger charge is 2.37. The number of hydrogen-bond donors (Lipinski definition) is 1. The molecule has 1 aromatic heterocycles. The van der Waals surface area contributed by atoms with Crippen LogP contribution in [0.25, 0.3) is 0 Å². The molecule has 9 heteroatoms. The molecular formula is C27H30ClN5O3. The van der Waals surface area contributed by atoms with Gasteiger partial charge in [-0.05, 0) is 62.2 Å². The number of benzene rings is 2. The molecule has 0 amide bonds.